The number of nitrogens with zero attached hydrogens (tertiary/aromatic N) is 1. The highest BCUT2D eigenvalue weighted by Gasteiger charge is 2.22. The van der Waals surface area contributed by atoms with Crippen LogP contribution < -0.4 is 5.32 Å². The van der Waals surface area contributed by atoms with Crippen LogP contribution in [0.15, 0.2) is 16.7 Å². The average molecular weight is 278 g/mol. The van der Waals surface area contributed by atoms with E-state index in [2.05, 4.69) is 37.1 Å². The van der Waals surface area contributed by atoms with Crippen molar-refractivity contribution in [2.45, 2.75) is 53.1 Å². The lowest BCUT2D eigenvalue weighted by Crippen LogP contribution is -2.22. The van der Waals surface area contributed by atoms with Gasteiger partial charge in [0, 0.05) is 18.7 Å². The summed E-state index contributed by atoms with van der Waals surface area (Å²) in [7, 11) is 0. The highest BCUT2D eigenvalue weighted by atomic mass is 16.3. The maximum Gasteiger partial charge on any atom is 0.122 e. The Morgan fingerprint density at radius 3 is 3.05 bits per heavy atom. The zero-order valence-electron chi connectivity index (χ0n) is 13.3. The van der Waals surface area contributed by atoms with Gasteiger partial charge >= 0.3 is 0 Å². The molecule has 1 aromatic heterocycles. The Labute approximate surface area is 123 Å². The summed E-state index contributed by atoms with van der Waals surface area (Å²) in [5.41, 5.74) is 1.36. The molecule has 2 rings (SSSR count). The van der Waals surface area contributed by atoms with Crippen molar-refractivity contribution in [3.8, 4) is 0 Å². The van der Waals surface area contributed by atoms with E-state index < -0.39 is 0 Å². The molecule has 3 nitrogen and oxygen atoms in total. The first-order valence-electron chi connectivity index (χ1n) is 8.17. The number of hydrogen-bond donors (Lipinski definition) is 1. The summed E-state index contributed by atoms with van der Waals surface area (Å²) < 4.78 is 5.64. The zero-order chi connectivity index (χ0) is 14.4. The molecule has 1 aliphatic rings. The fraction of sp³-hybridized carbons (Fsp3) is 0.765. The number of likely N-dealkylation sites (tertiary alicyclic amines) is 1. The molecule has 1 atom stereocenters. The highest BCUT2D eigenvalue weighted by Crippen LogP contribution is 2.23. The number of hydrogen-bond acceptors (Lipinski definition) is 3. The minimum absolute atomic E-state index is 0.682. The van der Waals surface area contributed by atoms with Gasteiger partial charge in [0.2, 0.25) is 0 Å². The van der Waals surface area contributed by atoms with E-state index in [0.717, 1.165) is 31.3 Å². The van der Waals surface area contributed by atoms with Crippen molar-refractivity contribution in [2.75, 3.05) is 19.6 Å². The second kappa shape index (κ2) is 7.84. The molecular formula is C17H30N2O. The average Bonchev–Trinajstić information content (AvgIpc) is 3.01. The molecule has 0 saturated carbocycles. The van der Waals surface area contributed by atoms with Gasteiger partial charge in [-0.05, 0) is 43.8 Å². The molecule has 0 aliphatic carbocycles. The summed E-state index contributed by atoms with van der Waals surface area (Å²) in [5.74, 6) is 2.71. The largest absolute Gasteiger partial charge is 0.468 e. The monoisotopic (exact) mass is 278 g/mol. The van der Waals surface area contributed by atoms with Crippen LogP contribution in [0.1, 0.15) is 51.4 Å². The third kappa shape index (κ3) is 4.64. The SMILES string of the molecule is CCCC1CCN(Cc2ccoc2CNCC(C)C)C1. The molecule has 2 heterocycles. The van der Waals surface area contributed by atoms with E-state index in [1.54, 1.807) is 0 Å². The maximum absolute atomic E-state index is 5.64. The first-order valence-corrected chi connectivity index (χ1v) is 8.17. The minimum Gasteiger partial charge on any atom is -0.468 e. The van der Waals surface area contributed by atoms with Crippen LogP contribution >= 0.6 is 0 Å². The summed E-state index contributed by atoms with van der Waals surface area (Å²) >= 11 is 0. The molecule has 0 spiro atoms. The molecule has 1 aromatic rings. The van der Waals surface area contributed by atoms with Crippen LogP contribution in [0.5, 0.6) is 0 Å². The summed E-state index contributed by atoms with van der Waals surface area (Å²) in [6, 6.07) is 2.14. The summed E-state index contributed by atoms with van der Waals surface area (Å²) in [6.45, 7) is 12.2. The van der Waals surface area contributed by atoms with Crippen LogP contribution in [0.3, 0.4) is 0 Å². The molecule has 0 bridgehead atoms. The van der Waals surface area contributed by atoms with E-state index in [9.17, 15) is 0 Å². The maximum atomic E-state index is 5.64. The third-order valence-corrected chi connectivity index (χ3v) is 4.14. The van der Waals surface area contributed by atoms with Crippen molar-refractivity contribution in [2.24, 2.45) is 11.8 Å². The smallest absolute Gasteiger partial charge is 0.122 e. The van der Waals surface area contributed by atoms with Crippen molar-refractivity contribution in [1.82, 2.24) is 10.2 Å². The van der Waals surface area contributed by atoms with E-state index in [4.69, 9.17) is 4.42 Å². The quantitative estimate of drug-likeness (QED) is 0.787. The van der Waals surface area contributed by atoms with Gasteiger partial charge in [-0.2, -0.15) is 0 Å². The zero-order valence-corrected chi connectivity index (χ0v) is 13.3. The number of rotatable bonds is 8. The first-order chi connectivity index (χ1) is 9.69. The minimum atomic E-state index is 0.682. The molecule has 1 fully saturated rings. The second-order valence-electron chi connectivity index (χ2n) is 6.57. The molecule has 20 heavy (non-hydrogen) atoms. The van der Waals surface area contributed by atoms with Crippen LogP contribution in [0.25, 0.3) is 0 Å². The van der Waals surface area contributed by atoms with Crippen molar-refractivity contribution in [3.63, 3.8) is 0 Å². The van der Waals surface area contributed by atoms with E-state index in [-0.39, 0.29) is 0 Å². The fourth-order valence-corrected chi connectivity index (χ4v) is 3.08. The number of nitrogens with one attached hydrogen (secondary N) is 1. The third-order valence-electron chi connectivity index (χ3n) is 4.14. The van der Waals surface area contributed by atoms with Gasteiger partial charge in [0.15, 0.2) is 0 Å². The molecule has 0 radical (unpaired) electrons. The van der Waals surface area contributed by atoms with Gasteiger partial charge in [0.25, 0.3) is 0 Å². The summed E-state index contributed by atoms with van der Waals surface area (Å²) in [6.07, 6.45) is 5.90. The van der Waals surface area contributed by atoms with Gasteiger partial charge in [-0.25, -0.2) is 0 Å². The predicted molar refractivity (Wildman–Crippen MR) is 83.5 cm³/mol. The van der Waals surface area contributed by atoms with Crippen molar-refractivity contribution in [1.29, 1.82) is 0 Å². The summed E-state index contributed by atoms with van der Waals surface area (Å²) in [5, 5.41) is 3.47. The van der Waals surface area contributed by atoms with Gasteiger partial charge in [-0.15, -0.1) is 0 Å². The molecule has 1 aliphatic heterocycles. The molecule has 3 heteroatoms. The van der Waals surface area contributed by atoms with Crippen LogP contribution in [-0.4, -0.2) is 24.5 Å². The van der Waals surface area contributed by atoms with Crippen molar-refractivity contribution in [3.05, 3.63) is 23.7 Å². The Balaban J connectivity index is 1.80. The first kappa shape index (κ1) is 15.6. The normalized spacial score (nSPS) is 20.1. The highest BCUT2D eigenvalue weighted by molar-refractivity contribution is 5.17. The summed E-state index contributed by atoms with van der Waals surface area (Å²) in [4.78, 5) is 2.58. The molecule has 0 aromatic carbocycles. The lowest BCUT2D eigenvalue weighted by atomic mass is 10.0. The van der Waals surface area contributed by atoms with Gasteiger partial charge in [0.05, 0.1) is 12.8 Å². The Kier molecular flexibility index (Phi) is 6.11. The van der Waals surface area contributed by atoms with Crippen molar-refractivity contribution < 1.29 is 4.42 Å². The van der Waals surface area contributed by atoms with Gasteiger partial charge in [0.1, 0.15) is 5.76 Å². The van der Waals surface area contributed by atoms with Crippen LogP contribution in [0.2, 0.25) is 0 Å². The molecule has 1 saturated heterocycles. The Hall–Kier alpha value is -0.800. The lowest BCUT2D eigenvalue weighted by molar-refractivity contribution is 0.309. The van der Waals surface area contributed by atoms with E-state index in [0.29, 0.717) is 5.92 Å². The second-order valence-corrected chi connectivity index (χ2v) is 6.57. The van der Waals surface area contributed by atoms with Gasteiger partial charge in [-0.1, -0.05) is 27.2 Å². The van der Waals surface area contributed by atoms with E-state index in [1.807, 2.05) is 6.26 Å². The van der Waals surface area contributed by atoms with E-state index in [1.165, 1.54) is 37.9 Å². The molecular weight excluding hydrogens is 248 g/mol. The van der Waals surface area contributed by atoms with Crippen LogP contribution in [-0.2, 0) is 13.1 Å². The Morgan fingerprint density at radius 2 is 2.30 bits per heavy atom. The Bertz CT molecular complexity index is 386. The molecule has 1 unspecified atom stereocenters. The Morgan fingerprint density at radius 1 is 1.45 bits per heavy atom. The molecule has 0 amide bonds. The van der Waals surface area contributed by atoms with Gasteiger partial charge < -0.3 is 9.73 Å². The fourth-order valence-electron chi connectivity index (χ4n) is 3.08. The van der Waals surface area contributed by atoms with Crippen LogP contribution in [0.4, 0.5) is 0 Å². The molecule has 114 valence electrons. The standard InChI is InChI=1S/C17H30N2O/c1-4-5-15-6-8-19(12-15)13-16-7-9-20-17(16)11-18-10-14(2)3/h7,9,14-15,18H,4-6,8,10-13H2,1-3H3. The van der Waals surface area contributed by atoms with Crippen LogP contribution in [0, 0.1) is 11.8 Å². The topological polar surface area (TPSA) is 28.4 Å². The lowest BCUT2D eigenvalue weighted by Gasteiger charge is -2.16. The number of furan rings is 1. The predicted octanol–water partition coefficient (Wildman–Crippen LogP) is 3.65. The van der Waals surface area contributed by atoms with Gasteiger partial charge in [-0.3, -0.25) is 4.90 Å². The molecule has 1 N–H and O–H groups in total. The van der Waals surface area contributed by atoms with E-state index >= 15 is 0 Å². The van der Waals surface area contributed by atoms with Crippen molar-refractivity contribution >= 4 is 0 Å².